The molecule has 1 atom stereocenters. The first-order chi connectivity index (χ1) is 8.49. The Balaban J connectivity index is 2.24. The lowest BCUT2D eigenvalue weighted by Crippen LogP contribution is -2.08. The van der Waals surface area contributed by atoms with E-state index in [2.05, 4.69) is 15.5 Å². The van der Waals surface area contributed by atoms with E-state index in [4.69, 9.17) is 11.6 Å². The van der Waals surface area contributed by atoms with Gasteiger partial charge in [-0.1, -0.05) is 17.7 Å². The van der Waals surface area contributed by atoms with Crippen molar-refractivity contribution in [3.8, 4) is 0 Å². The minimum Gasteiger partial charge on any atom is -0.375 e. The lowest BCUT2D eigenvalue weighted by molar-refractivity contribution is 0.626. The van der Waals surface area contributed by atoms with Gasteiger partial charge in [0.2, 0.25) is 0 Å². The van der Waals surface area contributed by atoms with Gasteiger partial charge in [-0.25, -0.2) is 4.39 Å². The molecule has 0 spiro atoms. The van der Waals surface area contributed by atoms with Crippen LogP contribution in [-0.2, 0) is 0 Å². The molecule has 96 valence electrons. The van der Waals surface area contributed by atoms with E-state index in [1.165, 1.54) is 12.1 Å². The Morgan fingerprint density at radius 2 is 2.11 bits per heavy atom. The largest absolute Gasteiger partial charge is 0.375 e. The molecule has 5 heteroatoms. The normalized spacial score (nSPS) is 12.5. The average Bonchev–Trinajstić information content (AvgIpc) is 2.60. The maximum absolute atomic E-state index is 13.0. The molecular weight excluding hydrogens is 253 g/mol. The van der Waals surface area contributed by atoms with Crippen LogP contribution >= 0.6 is 11.6 Å². The van der Waals surface area contributed by atoms with E-state index in [-0.39, 0.29) is 11.9 Å². The van der Waals surface area contributed by atoms with E-state index in [0.717, 1.165) is 22.6 Å². The highest BCUT2D eigenvalue weighted by Gasteiger charge is 2.13. The number of H-pyrrole nitrogens is 1. The summed E-state index contributed by atoms with van der Waals surface area (Å²) in [7, 11) is 0. The number of nitrogens with zero attached hydrogens (tertiary/aromatic N) is 1. The summed E-state index contributed by atoms with van der Waals surface area (Å²) in [4.78, 5) is 0. The predicted molar refractivity (Wildman–Crippen MR) is 71.5 cm³/mol. The van der Waals surface area contributed by atoms with Crippen LogP contribution in [0, 0.1) is 19.7 Å². The van der Waals surface area contributed by atoms with Gasteiger partial charge in [0.1, 0.15) is 5.82 Å². The van der Waals surface area contributed by atoms with Crippen molar-refractivity contribution >= 4 is 17.3 Å². The third-order valence-electron chi connectivity index (χ3n) is 2.92. The van der Waals surface area contributed by atoms with Gasteiger partial charge in [-0.05, 0) is 38.5 Å². The molecule has 18 heavy (non-hydrogen) atoms. The molecule has 0 saturated heterocycles. The van der Waals surface area contributed by atoms with Crippen molar-refractivity contribution in [2.45, 2.75) is 26.8 Å². The van der Waals surface area contributed by atoms with Gasteiger partial charge in [-0.2, -0.15) is 5.10 Å². The van der Waals surface area contributed by atoms with E-state index >= 15 is 0 Å². The Hall–Kier alpha value is -1.55. The Labute approximate surface area is 110 Å². The summed E-state index contributed by atoms with van der Waals surface area (Å²) in [5.74, 6) is -0.327. The standard InChI is InChI=1S/C13H15ClFN3/c1-7(11-5-4-10(15)6-12(11)14)16-13-8(2)17-18-9(13)3/h4-7,16H,1-3H3,(H,17,18). The molecule has 0 fully saturated rings. The quantitative estimate of drug-likeness (QED) is 0.883. The predicted octanol–water partition coefficient (Wildman–Crippen LogP) is 3.99. The van der Waals surface area contributed by atoms with E-state index < -0.39 is 0 Å². The van der Waals surface area contributed by atoms with Gasteiger partial charge in [-0.15, -0.1) is 0 Å². The van der Waals surface area contributed by atoms with Gasteiger partial charge in [-0.3, -0.25) is 5.10 Å². The molecule has 1 heterocycles. The Morgan fingerprint density at radius 3 is 2.67 bits per heavy atom. The van der Waals surface area contributed by atoms with Crippen molar-refractivity contribution in [3.63, 3.8) is 0 Å². The van der Waals surface area contributed by atoms with E-state index in [1.807, 2.05) is 20.8 Å². The van der Waals surface area contributed by atoms with Crippen LogP contribution in [-0.4, -0.2) is 10.2 Å². The van der Waals surface area contributed by atoms with E-state index in [0.29, 0.717) is 5.02 Å². The summed E-state index contributed by atoms with van der Waals surface area (Å²) in [5, 5.41) is 10.8. The summed E-state index contributed by atoms with van der Waals surface area (Å²) < 4.78 is 13.0. The zero-order valence-corrected chi connectivity index (χ0v) is 11.3. The molecule has 1 aromatic heterocycles. The molecule has 2 N–H and O–H groups in total. The highest BCUT2D eigenvalue weighted by molar-refractivity contribution is 6.31. The SMILES string of the molecule is Cc1n[nH]c(C)c1NC(C)c1ccc(F)cc1Cl. The summed E-state index contributed by atoms with van der Waals surface area (Å²) in [6.45, 7) is 5.84. The van der Waals surface area contributed by atoms with Crippen LogP contribution in [0.4, 0.5) is 10.1 Å². The first-order valence-corrected chi connectivity index (χ1v) is 6.10. The number of hydrogen-bond donors (Lipinski definition) is 2. The van der Waals surface area contributed by atoms with E-state index in [1.54, 1.807) is 6.07 Å². The third kappa shape index (κ3) is 2.48. The van der Waals surface area contributed by atoms with Gasteiger partial charge >= 0.3 is 0 Å². The van der Waals surface area contributed by atoms with Crippen molar-refractivity contribution in [3.05, 3.63) is 46.0 Å². The molecule has 0 amide bonds. The zero-order valence-electron chi connectivity index (χ0n) is 10.5. The second-order valence-electron chi connectivity index (χ2n) is 4.34. The Morgan fingerprint density at radius 1 is 1.39 bits per heavy atom. The minimum atomic E-state index is -0.327. The number of hydrogen-bond acceptors (Lipinski definition) is 2. The first kappa shape index (κ1) is 12.9. The summed E-state index contributed by atoms with van der Waals surface area (Å²) in [6, 6.07) is 4.41. The van der Waals surface area contributed by atoms with Crippen LogP contribution in [0.25, 0.3) is 0 Å². The minimum absolute atomic E-state index is 0.0203. The molecule has 2 aromatic rings. The molecule has 2 rings (SSSR count). The highest BCUT2D eigenvalue weighted by Crippen LogP contribution is 2.28. The number of aryl methyl sites for hydroxylation is 2. The van der Waals surface area contributed by atoms with Crippen molar-refractivity contribution < 1.29 is 4.39 Å². The maximum Gasteiger partial charge on any atom is 0.124 e. The number of anilines is 1. The number of nitrogens with one attached hydrogen (secondary N) is 2. The topological polar surface area (TPSA) is 40.7 Å². The van der Waals surface area contributed by atoms with Crippen LogP contribution in [0.15, 0.2) is 18.2 Å². The van der Waals surface area contributed by atoms with Gasteiger partial charge in [0.05, 0.1) is 23.1 Å². The van der Waals surface area contributed by atoms with Gasteiger partial charge < -0.3 is 5.32 Å². The number of rotatable bonds is 3. The maximum atomic E-state index is 13.0. The van der Waals surface area contributed by atoms with Gasteiger partial charge in [0, 0.05) is 5.02 Å². The second-order valence-corrected chi connectivity index (χ2v) is 4.75. The van der Waals surface area contributed by atoms with Crippen LogP contribution in [0.1, 0.15) is 29.9 Å². The molecule has 0 radical (unpaired) electrons. The van der Waals surface area contributed by atoms with Gasteiger partial charge in [0.15, 0.2) is 0 Å². The smallest absolute Gasteiger partial charge is 0.124 e. The van der Waals surface area contributed by atoms with Crippen LogP contribution in [0.2, 0.25) is 5.02 Å². The number of aromatic amines is 1. The molecule has 0 aliphatic rings. The Bertz CT molecular complexity index is 546. The third-order valence-corrected chi connectivity index (χ3v) is 3.25. The molecule has 1 aromatic carbocycles. The van der Waals surface area contributed by atoms with Crippen LogP contribution in [0.3, 0.4) is 0 Å². The first-order valence-electron chi connectivity index (χ1n) is 5.72. The van der Waals surface area contributed by atoms with Crippen molar-refractivity contribution in [1.82, 2.24) is 10.2 Å². The fourth-order valence-corrected chi connectivity index (χ4v) is 2.24. The highest BCUT2D eigenvalue weighted by atomic mass is 35.5. The van der Waals surface area contributed by atoms with Crippen LogP contribution < -0.4 is 5.32 Å². The molecule has 0 aliphatic carbocycles. The molecule has 0 bridgehead atoms. The molecule has 0 aliphatic heterocycles. The summed E-state index contributed by atoms with van der Waals surface area (Å²) >= 11 is 6.04. The number of halogens is 2. The number of benzene rings is 1. The van der Waals surface area contributed by atoms with Crippen molar-refractivity contribution in [1.29, 1.82) is 0 Å². The zero-order chi connectivity index (χ0) is 13.3. The number of aromatic nitrogens is 2. The summed E-state index contributed by atoms with van der Waals surface area (Å²) in [5.41, 5.74) is 3.69. The molecule has 1 unspecified atom stereocenters. The monoisotopic (exact) mass is 267 g/mol. The summed E-state index contributed by atoms with van der Waals surface area (Å²) in [6.07, 6.45) is 0. The van der Waals surface area contributed by atoms with E-state index in [9.17, 15) is 4.39 Å². The van der Waals surface area contributed by atoms with Crippen LogP contribution in [0.5, 0.6) is 0 Å². The van der Waals surface area contributed by atoms with Crippen molar-refractivity contribution in [2.75, 3.05) is 5.32 Å². The molecule has 0 saturated carbocycles. The lowest BCUT2D eigenvalue weighted by Gasteiger charge is -2.17. The lowest BCUT2D eigenvalue weighted by atomic mass is 10.1. The fraction of sp³-hybridized carbons (Fsp3) is 0.308. The Kier molecular flexibility index (Phi) is 3.57. The van der Waals surface area contributed by atoms with Gasteiger partial charge in [0.25, 0.3) is 0 Å². The second kappa shape index (κ2) is 4.98. The average molecular weight is 268 g/mol. The molecular formula is C13H15ClFN3. The van der Waals surface area contributed by atoms with Crippen molar-refractivity contribution in [2.24, 2.45) is 0 Å². The molecule has 3 nitrogen and oxygen atoms in total. The fourth-order valence-electron chi connectivity index (χ4n) is 1.91.